The fraction of sp³-hybridized carbons (Fsp3) is 0.296. The Morgan fingerprint density at radius 2 is 1.12 bits per heavy atom. The Morgan fingerprint density at radius 1 is 0.667 bits per heavy atom. The smallest absolute Gasteiger partial charge is 0.326 e. The average Bonchev–Trinajstić information content (AvgIpc) is 3.77. The molecule has 0 fully saturated rings. The van der Waals surface area contributed by atoms with Crippen molar-refractivity contribution < 1.29 is 24.3 Å². The van der Waals surface area contributed by atoms with Crippen LogP contribution in [0.1, 0.15) is 22.6 Å². The van der Waals surface area contributed by atoms with Crippen LogP contribution in [0.2, 0.25) is 0 Å². The largest absolute Gasteiger partial charge is 0.480 e. The van der Waals surface area contributed by atoms with Crippen molar-refractivity contribution in [1.29, 1.82) is 0 Å². The minimum Gasteiger partial charge on any atom is -0.480 e. The number of carbonyl (C=O) groups excluding carboxylic acids is 3. The second-order valence-corrected chi connectivity index (χ2v) is 9.66. The molecule has 0 saturated carbocycles. The van der Waals surface area contributed by atoms with Crippen molar-refractivity contribution in [2.75, 3.05) is 0 Å². The lowest BCUT2D eigenvalue weighted by atomic mass is 10.0. The van der Waals surface area contributed by atoms with E-state index in [4.69, 9.17) is 5.73 Å². The van der Waals surface area contributed by atoms with E-state index in [1.54, 1.807) is 30.5 Å². The van der Waals surface area contributed by atoms with E-state index in [-0.39, 0.29) is 25.7 Å². The van der Waals surface area contributed by atoms with E-state index in [0.717, 1.165) is 5.56 Å². The summed E-state index contributed by atoms with van der Waals surface area (Å²) in [7, 11) is 0. The number of amides is 3. The molecule has 3 aromatic heterocycles. The van der Waals surface area contributed by atoms with Crippen LogP contribution in [0.15, 0.2) is 67.9 Å². The summed E-state index contributed by atoms with van der Waals surface area (Å²) in [5, 5.41) is 17.6. The molecule has 0 spiro atoms. The first kappa shape index (κ1) is 29.7. The SMILES string of the molecule is NC(Cc1cnc[nH]1)C(=O)NC(Cc1cnc[nH]1)C(=O)NC(Cc1ccccc1)C(=O)NC(Cc1cnc[nH]1)C(=O)O. The van der Waals surface area contributed by atoms with Gasteiger partial charge >= 0.3 is 5.97 Å². The number of rotatable bonds is 15. The lowest BCUT2D eigenvalue weighted by molar-refractivity contribution is -0.142. The molecule has 0 saturated heterocycles. The normalized spacial score (nSPS) is 13.8. The maximum absolute atomic E-state index is 13.6. The number of aliphatic carboxylic acids is 1. The number of aromatic amines is 3. The van der Waals surface area contributed by atoms with Gasteiger partial charge in [0.25, 0.3) is 0 Å². The number of hydrogen-bond acceptors (Lipinski definition) is 8. The number of carboxylic acid groups (broad SMARTS) is 1. The lowest BCUT2D eigenvalue weighted by Gasteiger charge is -2.25. The fourth-order valence-electron chi connectivity index (χ4n) is 4.25. The molecule has 0 aliphatic rings. The number of benzene rings is 1. The number of nitrogens with zero attached hydrogens (tertiary/aromatic N) is 3. The molecule has 1 aromatic carbocycles. The van der Waals surface area contributed by atoms with Crippen molar-refractivity contribution in [3.63, 3.8) is 0 Å². The zero-order valence-corrected chi connectivity index (χ0v) is 22.5. The maximum atomic E-state index is 13.6. The molecular formula is C27H32N10O5. The summed E-state index contributed by atoms with van der Waals surface area (Å²) >= 11 is 0. The second kappa shape index (κ2) is 14.4. The molecule has 15 heteroatoms. The topological polar surface area (TPSA) is 237 Å². The highest BCUT2D eigenvalue weighted by Gasteiger charge is 2.31. The van der Waals surface area contributed by atoms with Crippen molar-refractivity contribution in [3.8, 4) is 0 Å². The van der Waals surface area contributed by atoms with Gasteiger partial charge in [0.2, 0.25) is 17.7 Å². The zero-order chi connectivity index (χ0) is 29.9. The molecule has 4 rings (SSSR count). The Labute approximate surface area is 240 Å². The molecule has 9 N–H and O–H groups in total. The number of H-pyrrole nitrogens is 3. The van der Waals surface area contributed by atoms with Gasteiger partial charge in [0, 0.05) is 61.4 Å². The molecule has 220 valence electrons. The molecule has 0 aliphatic heterocycles. The quantitative estimate of drug-likeness (QED) is 0.0864. The van der Waals surface area contributed by atoms with E-state index in [1.807, 2.05) is 6.07 Å². The van der Waals surface area contributed by atoms with Crippen LogP contribution >= 0.6 is 0 Å². The first-order valence-electron chi connectivity index (χ1n) is 13.1. The second-order valence-electron chi connectivity index (χ2n) is 9.66. The van der Waals surface area contributed by atoms with Crippen LogP contribution in [0.5, 0.6) is 0 Å². The van der Waals surface area contributed by atoms with Gasteiger partial charge in [0.15, 0.2) is 0 Å². The van der Waals surface area contributed by atoms with E-state index >= 15 is 0 Å². The van der Waals surface area contributed by atoms with Crippen LogP contribution in [-0.4, -0.2) is 82.9 Å². The zero-order valence-electron chi connectivity index (χ0n) is 22.5. The highest BCUT2D eigenvalue weighted by molar-refractivity contribution is 5.94. The van der Waals surface area contributed by atoms with Gasteiger partial charge in [0.1, 0.15) is 18.1 Å². The van der Waals surface area contributed by atoms with Crippen LogP contribution in [0.4, 0.5) is 0 Å². The number of hydrogen-bond donors (Lipinski definition) is 8. The van der Waals surface area contributed by atoms with Crippen molar-refractivity contribution in [2.24, 2.45) is 5.73 Å². The highest BCUT2D eigenvalue weighted by atomic mass is 16.4. The Morgan fingerprint density at radius 3 is 1.62 bits per heavy atom. The highest BCUT2D eigenvalue weighted by Crippen LogP contribution is 2.08. The van der Waals surface area contributed by atoms with Gasteiger partial charge in [-0.05, 0) is 5.56 Å². The number of carbonyl (C=O) groups is 4. The third-order valence-corrected chi connectivity index (χ3v) is 6.45. The molecule has 42 heavy (non-hydrogen) atoms. The molecule has 3 amide bonds. The van der Waals surface area contributed by atoms with Gasteiger partial charge < -0.3 is 41.7 Å². The van der Waals surface area contributed by atoms with Gasteiger partial charge in [-0.25, -0.2) is 19.7 Å². The number of nitrogens with two attached hydrogens (primary N) is 1. The predicted molar refractivity (Wildman–Crippen MR) is 148 cm³/mol. The van der Waals surface area contributed by atoms with E-state index in [2.05, 4.69) is 45.9 Å². The van der Waals surface area contributed by atoms with E-state index in [1.165, 1.54) is 31.4 Å². The van der Waals surface area contributed by atoms with Crippen molar-refractivity contribution in [3.05, 3.63) is 90.5 Å². The van der Waals surface area contributed by atoms with E-state index in [9.17, 15) is 24.3 Å². The molecule has 4 atom stereocenters. The molecule has 3 heterocycles. The molecule has 0 aliphatic carbocycles. The first-order valence-corrected chi connectivity index (χ1v) is 13.1. The number of carboxylic acids is 1. The monoisotopic (exact) mass is 576 g/mol. The van der Waals surface area contributed by atoms with Gasteiger partial charge in [-0.15, -0.1) is 0 Å². The Balaban J connectivity index is 1.51. The summed E-state index contributed by atoms with van der Waals surface area (Å²) in [6.07, 6.45) is 9.06. The molecule has 4 aromatic rings. The Bertz CT molecular complexity index is 1430. The van der Waals surface area contributed by atoms with Crippen molar-refractivity contribution >= 4 is 23.7 Å². The molecule has 0 radical (unpaired) electrons. The maximum Gasteiger partial charge on any atom is 0.326 e. The van der Waals surface area contributed by atoms with E-state index < -0.39 is 47.9 Å². The van der Waals surface area contributed by atoms with Crippen LogP contribution in [0, 0.1) is 0 Å². The van der Waals surface area contributed by atoms with Gasteiger partial charge in [0.05, 0.1) is 25.0 Å². The lowest BCUT2D eigenvalue weighted by Crippen LogP contribution is -2.58. The number of imidazole rings is 3. The van der Waals surface area contributed by atoms with Crippen LogP contribution in [0.3, 0.4) is 0 Å². The van der Waals surface area contributed by atoms with Crippen LogP contribution < -0.4 is 21.7 Å². The summed E-state index contributed by atoms with van der Waals surface area (Å²) in [5.74, 6) is -3.21. The average molecular weight is 577 g/mol. The molecule has 0 bridgehead atoms. The van der Waals surface area contributed by atoms with Gasteiger partial charge in [-0.3, -0.25) is 14.4 Å². The summed E-state index contributed by atoms with van der Waals surface area (Å²) in [6.45, 7) is 0. The first-order chi connectivity index (χ1) is 20.3. The standard InChI is InChI=1S/C27H32N10O5/c28-20(7-17-10-29-13-32-17)24(38)35-22(8-18-11-30-14-33-18)26(40)36-21(6-16-4-2-1-3-5-16)25(39)37-23(27(41)42)9-19-12-31-15-34-19/h1-5,10-15,20-23H,6-9,28H2,(H,29,32)(H,30,33)(H,31,34)(H,35,38)(H,36,40)(H,37,39)(H,41,42). The third-order valence-electron chi connectivity index (χ3n) is 6.45. The number of nitrogens with one attached hydrogen (secondary N) is 6. The van der Waals surface area contributed by atoms with Gasteiger partial charge in [-0.2, -0.15) is 0 Å². The summed E-state index contributed by atoms with van der Waals surface area (Å²) in [5.41, 5.74) is 8.54. The number of aromatic nitrogens is 6. The fourth-order valence-corrected chi connectivity index (χ4v) is 4.25. The van der Waals surface area contributed by atoms with Crippen molar-refractivity contribution in [1.82, 2.24) is 45.9 Å². The molecule has 4 unspecified atom stereocenters. The minimum absolute atomic E-state index is 0.0333. The predicted octanol–water partition coefficient (Wildman–Crippen LogP) is -1.01. The third kappa shape index (κ3) is 8.59. The minimum atomic E-state index is -1.28. The Kier molecular flexibility index (Phi) is 10.1. The van der Waals surface area contributed by atoms with Crippen LogP contribution in [0.25, 0.3) is 0 Å². The van der Waals surface area contributed by atoms with Crippen LogP contribution in [-0.2, 0) is 44.9 Å². The van der Waals surface area contributed by atoms with Crippen molar-refractivity contribution in [2.45, 2.75) is 49.9 Å². The summed E-state index contributed by atoms with van der Waals surface area (Å²) in [6, 6.07) is 4.39. The Hall–Kier alpha value is -5.31. The van der Waals surface area contributed by atoms with Gasteiger partial charge in [-0.1, -0.05) is 30.3 Å². The van der Waals surface area contributed by atoms with E-state index in [0.29, 0.717) is 17.1 Å². The summed E-state index contributed by atoms with van der Waals surface area (Å²) < 4.78 is 0. The molecular weight excluding hydrogens is 544 g/mol. The molecule has 15 nitrogen and oxygen atoms in total. The summed E-state index contributed by atoms with van der Waals surface area (Å²) in [4.78, 5) is 72.3.